The van der Waals surface area contributed by atoms with Gasteiger partial charge in [0.15, 0.2) is 15.8 Å². The minimum Gasteiger partial charge on any atom is -0.356 e. The number of nitrogens with one attached hydrogen (secondary N) is 1. The number of sulfone groups is 1. The predicted molar refractivity (Wildman–Crippen MR) is 118 cm³/mol. The molecule has 0 unspecified atom stereocenters. The van der Waals surface area contributed by atoms with Crippen LogP contribution in [0.15, 0.2) is 34.2 Å². The van der Waals surface area contributed by atoms with Crippen LogP contribution in [0.5, 0.6) is 0 Å². The Bertz CT molecular complexity index is 882. The summed E-state index contributed by atoms with van der Waals surface area (Å²) >= 11 is 0. The number of guanidine groups is 1. The second-order valence-electron chi connectivity index (χ2n) is 6.91. The smallest absolute Gasteiger partial charge is 0.238 e. The molecule has 11 heteroatoms. The van der Waals surface area contributed by atoms with Crippen LogP contribution in [-0.2, 0) is 26.3 Å². The number of rotatable bonds is 4. The summed E-state index contributed by atoms with van der Waals surface area (Å²) in [5.74, 6) is 0.768. The van der Waals surface area contributed by atoms with Gasteiger partial charge >= 0.3 is 0 Å². The maximum atomic E-state index is 12.1. The Kier molecular flexibility index (Phi) is 8.09. The van der Waals surface area contributed by atoms with Crippen LogP contribution in [0.1, 0.15) is 19.4 Å². The van der Waals surface area contributed by atoms with Gasteiger partial charge in [0, 0.05) is 26.7 Å². The van der Waals surface area contributed by atoms with Crippen LogP contribution in [0, 0.1) is 0 Å². The number of nitrogens with zero attached hydrogens (tertiary/aromatic N) is 2. The van der Waals surface area contributed by atoms with Gasteiger partial charge in [-0.05, 0) is 38.0 Å². The summed E-state index contributed by atoms with van der Waals surface area (Å²) in [6.45, 7) is 4.85. The summed E-state index contributed by atoms with van der Waals surface area (Å²) in [4.78, 5) is 6.28. The summed E-state index contributed by atoms with van der Waals surface area (Å²) in [7, 11) is -5.12. The van der Waals surface area contributed by atoms with E-state index in [1.54, 1.807) is 33.0 Å². The van der Waals surface area contributed by atoms with E-state index < -0.39 is 24.6 Å². The fourth-order valence-electron chi connectivity index (χ4n) is 2.82. The number of sulfonamides is 1. The van der Waals surface area contributed by atoms with Gasteiger partial charge in [-0.1, -0.05) is 12.1 Å². The monoisotopic (exact) mass is 530 g/mol. The quantitative estimate of drug-likeness (QED) is 0.334. The molecule has 0 spiro atoms. The lowest BCUT2D eigenvalue weighted by atomic mass is 10.1. The number of halogens is 1. The minimum atomic E-state index is -3.68. The van der Waals surface area contributed by atoms with Crippen molar-refractivity contribution in [3.05, 3.63) is 29.8 Å². The molecule has 1 aromatic rings. The Morgan fingerprint density at radius 1 is 1.30 bits per heavy atom. The van der Waals surface area contributed by atoms with Gasteiger partial charge < -0.3 is 10.2 Å². The third kappa shape index (κ3) is 6.03. The fraction of sp³-hybridized carbons (Fsp3) is 0.562. The summed E-state index contributed by atoms with van der Waals surface area (Å²) in [6, 6.07) is 6.41. The Hall–Kier alpha value is -0.920. The first-order valence-corrected chi connectivity index (χ1v) is 11.5. The van der Waals surface area contributed by atoms with Gasteiger partial charge in [-0.3, -0.25) is 4.99 Å². The Balaban J connectivity index is 0.00000364. The molecule has 1 aromatic carbocycles. The van der Waals surface area contributed by atoms with E-state index in [0.29, 0.717) is 32.0 Å². The van der Waals surface area contributed by atoms with Crippen molar-refractivity contribution in [3.63, 3.8) is 0 Å². The van der Waals surface area contributed by atoms with Gasteiger partial charge in [-0.25, -0.2) is 22.0 Å². The van der Waals surface area contributed by atoms with Crippen molar-refractivity contribution in [1.29, 1.82) is 0 Å². The third-order valence-electron chi connectivity index (χ3n) is 4.50. The predicted octanol–water partition coefficient (Wildman–Crippen LogP) is 0.579. The van der Waals surface area contributed by atoms with Crippen molar-refractivity contribution in [2.75, 3.05) is 32.4 Å². The second-order valence-corrected chi connectivity index (χ2v) is 11.2. The normalized spacial score (nSPS) is 19.3. The average Bonchev–Trinajstić information content (AvgIpc) is 2.54. The molecule has 154 valence electrons. The lowest BCUT2D eigenvalue weighted by molar-refractivity contribution is 0.353. The maximum absolute atomic E-state index is 12.1. The van der Waals surface area contributed by atoms with Crippen molar-refractivity contribution in [2.24, 2.45) is 10.1 Å². The van der Waals surface area contributed by atoms with E-state index in [1.807, 2.05) is 4.90 Å². The van der Waals surface area contributed by atoms with Gasteiger partial charge in [0.25, 0.3) is 0 Å². The molecule has 0 aliphatic carbocycles. The van der Waals surface area contributed by atoms with Crippen LogP contribution in [0.3, 0.4) is 0 Å². The highest BCUT2D eigenvalue weighted by atomic mass is 127. The molecule has 0 atom stereocenters. The van der Waals surface area contributed by atoms with Crippen molar-refractivity contribution in [3.8, 4) is 0 Å². The summed E-state index contributed by atoms with van der Waals surface area (Å²) < 4.78 is 45.9. The number of hydrogen-bond donors (Lipinski definition) is 2. The Morgan fingerprint density at radius 2 is 1.89 bits per heavy atom. The molecule has 0 radical (unpaired) electrons. The minimum absolute atomic E-state index is 0. The zero-order valence-corrected chi connectivity index (χ0v) is 19.6. The molecule has 3 N–H and O–H groups in total. The highest BCUT2D eigenvalue weighted by Crippen LogP contribution is 2.23. The molecular formula is C16H27IN4O4S2. The van der Waals surface area contributed by atoms with Crippen molar-refractivity contribution in [1.82, 2.24) is 10.2 Å². The molecule has 0 bridgehead atoms. The summed E-state index contributed by atoms with van der Waals surface area (Å²) in [5.41, 5.74) is 0.960. The van der Waals surface area contributed by atoms with E-state index in [-0.39, 0.29) is 34.6 Å². The number of primary sulfonamides is 1. The van der Waals surface area contributed by atoms with Gasteiger partial charge in [0.2, 0.25) is 10.0 Å². The van der Waals surface area contributed by atoms with Gasteiger partial charge in [-0.15, -0.1) is 24.0 Å². The molecule has 1 aliphatic heterocycles. The molecule has 8 nitrogen and oxygen atoms in total. The van der Waals surface area contributed by atoms with E-state index in [0.717, 1.165) is 5.56 Å². The third-order valence-corrected chi connectivity index (χ3v) is 7.97. The molecule has 27 heavy (non-hydrogen) atoms. The zero-order valence-electron chi connectivity index (χ0n) is 15.7. The highest BCUT2D eigenvalue weighted by molar-refractivity contribution is 14.0. The number of hydrogen-bond acceptors (Lipinski definition) is 5. The standard InChI is InChI=1S/C16H26N4O4S2.HI/c1-16(2)12-20(10-11-25(16,21)22)15(18-3)19-9-8-13-4-6-14(7-5-13)26(17,23)24;/h4-7H,8-12H2,1-3H3,(H,18,19)(H2,17,23,24);1H. The lowest BCUT2D eigenvalue weighted by Gasteiger charge is -2.39. The molecule has 2 rings (SSSR count). The lowest BCUT2D eigenvalue weighted by Crippen LogP contribution is -2.57. The van der Waals surface area contributed by atoms with Gasteiger partial charge in [0.1, 0.15) is 0 Å². The van der Waals surface area contributed by atoms with Crippen LogP contribution in [0.2, 0.25) is 0 Å². The van der Waals surface area contributed by atoms with E-state index in [9.17, 15) is 16.8 Å². The van der Waals surface area contributed by atoms with Crippen LogP contribution in [-0.4, -0.2) is 64.9 Å². The molecule has 1 fully saturated rings. The Morgan fingerprint density at radius 3 is 2.37 bits per heavy atom. The number of aliphatic imine (C=N–C) groups is 1. The fourth-order valence-corrected chi connectivity index (χ4v) is 4.70. The van der Waals surface area contributed by atoms with E-state index in [2.05, 4.69) is 10.3 Å². The molecule has 0 aromatic heterocycles. The van der Waals surface area contributed by atoms with Crippen molar-refractivity contribution in [2.45, 2.75) is 29.9 Å². The van der Waals surface area contributed by atoms with Crippen molar-refractivity contribution >= 4 is 49.8 Å². The van der Waals surface area contributed by atoms with E-state index in [4.69, 9.17) is 5.14 Å². The molecule has 1 aliphatic rings. The van der Waals surface area contributed by atoms with Crippen molar-refractivity contribution < 1.29 is 16.8 Å². The average molecular weight is 530 g/mol. The molecular weight excluding hydrogens is 503 g/mol. The first-order chi connectivity index (χ1) is 12.0. The number of benzene rings is 1. The van der Waals surface area contributed by atoms with E-state index >= 15 is 0 Å². The summed E-state index contributed by atoms with van der Waals surface area (Å²) in [5, 5.41) is 8.32. The number of nitrogens with two attached hydrogens (primary N) is 1. The van der Waals surface area contributed by atoms with Gasteiger partial charge in [0.05, 0.1) is 15.4 Å². The summed E-state index contributed by atoms with van der Waals surface area (Å²) in [6.07, 6.45) is 0.666. The van der Waals surface area contributed by atoms with Crippen LogP contribution >= 0.6 is 24.0 Å². The largest absolute Gasteiger partial charge is 0.356 e. The SMILES string of the molecule is CN=C(NCCc1ccc(S(N)(=O)=O)cc1)N1CCS(=O)(=O)C(C)(C)C1.I. The highest BCUT2D eigenvalue weighted by Gasteiger charge is 2.40. The second kappa shape index (κ2) is 9.05. The van der Waals surface area contributed by atoms with Gasteiger partial charge in [-0.2, -0.15) is 0 Å². The topological polar surface area (TPSA) is 122 Å². The molecule has 1 heterocycles. The maximum Gasteiger partial charge on any atom is 0.238 e. The van der Waals surface area contributed by atoms with E-state index in [1.165, 1.54) is 12.1 Å². The first kappa shape index (κ1) is 24.1. The molecule has 1 saturated heterocycles. The first-order valence-electron chi connectivity index (χ1n) is 8.26. The van der Waals surface area contributed by atoms with Crippen LogP contribution < -0.4 is 10.5 Å². The molecule has 0 amide bonds. The zero-order chi connectivity index (χ0) is 19.6. The van der Waals surface area contributed by atoms with Crippen LogP contribution in [0.25, 0.3) is 0 Å². The Labute approximate surface area is 178 Å². The molecule has 0 saturated carbocycles. The van der Waals surface area contributed by atoms with Crippen LogP contribution in [0.4, 0.5) is 0 Å².